The number of pyridine rings is 1. The van der Waals surface area contributed by atoms with Crippen LogP contribution in [0.1, 0.15) is 26.2 Å². The van der Waals surface area contributed by atoms with Gasteiger partial charge in [-0.05, 0) is 30.0 Å². The van der Waals surface area contributed by atoms with Crippen LogP contribution < -0.4 is 5.32 Å². The van der Waals surface area contributed by atoms with Gasteiger partial charge in [0.2, 0.25) is 0 Å². The van der Waals surface area contributed by atoms with Gasteiger partial charge in [-0.2, -0.15) is 0 Å². The van der Waals surface area contributed by atoms with Crippen molar-refractivity contribution in [3.63, 3.8) is 0 Å². The van der Waals surface area contributed by atoms with E-state index in [4.69, 9.17) is 0 Å². The van der Waals surface area contributed by atoms with E-state index in [0.717, 1.165) is 29.6 Å². The minimum absolute atomic E-state index is 0.280. The average Bonchev–Trinajstić information content (AvgIpc) is 2.35. The second-order valence-corrected chi connectivity index (χ2v) is 4.20. The Bertz CT molecular complexity index is 497. The number of anilines is 1. The molecule has 0 spiro atoms. The predicted molar refractivity (Wildman–Crippen MR) is 71.4 cm³/mol. The van der Waals surface area contributed by atoms with Gasteiger partial charge in [-0.3, -0.25) is 0 Å². The summed E-state index contributed by atoms with van der Waals surface area (Å²) in [4.78, 5) is 4.32. The number of nitrogens with one attached hydrogen (secondary N) is 1. The highest BCUT2D eigenvalue weighted by atomic mass is 16.3. The number of fused-ring (bicyclic) bond motifs is 1. The lowest BCUT2D eigenvalue weighted by molar-refractivity contribution is 0.476. The lowest BCUT2D eigenvalue weighted by Crippen LogP contribution is -2.03. The molecule has 1 aromatic carbocycles. The molecule has 1 heterocycles. The van der Waals surface area contributed by atoms with Gasteiger partial charge in [0.25, 0.3) is 0 Å². The molecule has 0 aliphatic heterocycles. The van der Waals surface area contributed by atoms with E-state index in [1.807, 2.05) is 12.1 Å². The summed E-state index contributed by atoms with van der Waals surface area (Å²) < 4.78 is 0. The van der Waals surface area contributed by atoms with Gasteiger partial charge >= 0.3 is 0 Å². The van der Waals surface area contributed by atoms with E-state index < -0.39 is 0 Å². The fraction of sp³-hybridized carbons (Fsp3) is 0.357. The molecule has 17 heavy (non-hydrogen) atoms. The number of phenols is 1. The summed E-state index contributed by atoms with van der Waals surface area (Å²) in [6.07, 6.45) is 5.38. The molecule has 0 atom stereocenters. The zero-order chi connectivity index (χ0) is 12.1. The lowest BCUT2D eigenvalue weighted by Gasteiger charge is -2.08. The molecule has 90 valence electrons. The Morgan fingerprint density at radius 1 is 1.24 bits per heavy atom. The number of aromatic nitrogens is 1. The summed E-state index contributed by atoms with van der Waals surface area (Å²) in [6, 6.07) is 7.31. The van der Waals surface area contributed by atoms with Crippen molar-refractivity contribution in [1.29, 1.82) is 0 Å². The van der Waals surface area contributed by atoms with Gasteiger partial charge < -0.3 is 10.4 Å². The fourth-order valence-corrected chi connectivity index (χ4v) is 1.88. The molecule has 0 bridgehead atoms. The summed E-state index contributed by atoms with van der Waals surface area (Å²) in [6.45, 7) is 3.11. The molecule has 0 unspecified atom stereocenters. The van der Waals surface area contributed by atoms with Crippen LogP contribution in [0.4, 0.5) is 5.82 Å². The lowest BCUT2D eigenvalue weighted by atomic mass is 10.1. The molecule has 0 aliphatic carbocycles. The Morgan fingerprint density at radius 3 is 2.94 bits per heavy atom. The third-order valence-corrected chi connectivity index (χ3v) is 2.82. The maximum Gasteiger partial charge on any atom is 0.133 e. The standard InChI is InChI=1S/C14H18N2O/c1-2-3-4-8-15-14-13-10-12(17)6-5-11(13)7-9-16-14/h5-7,9-10,17H,2-4,8H2,1H3,(H,15,16). The van der Waals surface area contributed by atoms with E-state index in [1.54, 1.807) is 18.3 Å². The molecule has 0 saturated carbocycles. The topological polar surface area (TPSA) is 45.2 Å². The number of rotatable bonds is 5. The van der Waals surface area contributed by atoms with Crippen LogP contribution in [-0.4, -0.2) is 16.6 Å². The first kappa shape index (κ1) is 11.7. The van der Waals surface area contributed by atoms with Gasteiger partial charge in [0, 0.05) is 18.1 Å². The molecule has 2 rings (SSSR count). The Balaban J connectivity index is 2.18. The molecule has 0 fully saturated rings. The third kappa shape index (κ3) is 2.87. The zero-order valence-electron chi connectivity index (χ0n) is 10.1. The molecule has 2 aromatic rings. The molecule has 0 amide bonds. The number of phenolic OH excluding ortho intramolecular Hbond substituents is 1. The predicted octanol–water partition coefficient (Wildman–Crippen LogP) is 3.54. The minimum atomic E-state index is 0.280. The van der Waals surface area contributed by atoms with Gasteiger partial charge in [0.05, 0.1) is 0 Å². The summed E-state index contributed by atoms with van der Waals surface area (Å²) in [5.74, 6) is 1.14. The van der Waals surface area contributed by atoms with Crippen LogP contribution in [0, 0.1) is 0 Å². The van der Waals surface area contributed by atoms with E-state index in [1.165, 1.54) is 12.8 Å². The van der Waals surface area contributed by atoms with Crippen LogP contribution >= 0.6 is 0 Å². The zero-order valence-corrected chi connectivity index (χ0v) is 10.1. The monoisotopic (exact) mass is 230 g/mol. The van der Waals surface area contributed by atoms with Gasteiger partial charge in [-0.1, -0.05) is 25.8 Å². The second kappa shape index (κ2) is 5.53. The van der Waals surface area contributed by atoms with Crippen molar-refractivity contribution < 1.29 is 5.11 Å². The second-order valence-electron chi connectivity index (χ2n) is 4.20. The maximum atomic E-state index is 9.51. The molecule has 0 aliphatic rings. The Morgan fingerprint density at radius 2 is 2.12 bits per heavy atom. The molecular formula is C14H18N2O. The van der Waals surface area contributed by atoms with Crippen molar-refractivity contribution in [1.82, 2.24) is 4.98 Å². The first-order valence-electron chi connectivity index (χ1n) is 6.13. The minimum Gasteiger partial charge on any atom is -0.508 e. The molecule has 3 heteroatoms. The van der Waals surface area contributed by atoms with Gasteiger partial charge in [0.15, 0.2) is 0 Å². The normalized spacial score (nSPS) is 10.6. The van der Waals surface area contributed by atoms with Crippen LogP contribution in [-0.2, 0) is 0 Å². The summed E-state index contributed by atoms with van der Waals surface area (Å²) in [7, 11) is 0. The van der Waals surface area contributed by atoms with Crippen molar-refractivity contribution in [2.24, 2.45) is 0 Å². The molecule has 0 radical (unpaired) electrons. The highest BCUT2D eigenvalue weighted by Gasteiger charge is 2.02. The van der Waals surface area contributed by atoms with E-state index in [-0.39, 0.29) is 5.75 Å². The largest absolute Gasteiger partial charge is 0.508 e. The Labute approximate surface area is 102 Å². The Kier molecular flexibility index (Phi) is 3.81. The Hall–Kier alpha value is -1.77. The van der Waals surface area contributed by atoms with E-state index in [0.29, 0.717) is 0 Å². The first-order chi connectivity index (χ1) is 8.31. The third-order valence-electron chi connectivity index (χ3n) is 2.82. The SMILES string of the molecule is CCCCCNc1nccc2ccc(O)cc12. The van der Waals surface area contributed by atoms with Gasteiger partial charge in [-0.25, -0.2) is 4.98 Å². The van der Waals surface area contributed by atoms with Crippen LogP contribution in [0.15, 0.2) is 30.5 Å². The maximum absolute atomic E-state index is 9.51. The van der Waals surface area contributed by atoms with Gasteiger partial charge in [-0.15, -0.1) is 0 Å². The highest BCUT2D eigenvalue weighted by molar-refractivity contribution is 5.92. The number of hydrogen-bond donors (Lipinski definition) is 2. The fourth-order valence-electron chi connectivity index (χ4n) is 1.88. The smallest absolute Gasteiger partial charge is 0.133 e. The summed E-state index contributed by atoms with van der Waals surface area (Å²) in [5, 5.41) is 14.9. The van der Waals surface area contributed by atoms with Crippen molar-refractivity contribution >= 4 is 16.6 Å². The number of aromatic hydroxyl groups is 1. The summed E-state index contributed by atoms with van der Waals surface area (Å²) in [5.41, 5.74) is 0. The molecule has 2 N–H and O–H groups in total. The molecule has 3 nitrogen and oxygen atoms in total. The number of hydrogen-bond acceptors (Lipinski definition) is 3. The first-order valence-corrected chi connectivity index (χ1v) is 6.13. The van der Waals surface area contributed by atoms with Crippen molar-refractivity contribution in [3.05, 3.63) is 30.5 Å². The van der Waals surface area contributed by atoms with Crippen molar-refractivity contribution in [2.75, 3.05) is 11.9 Å². The highest BCUT2D eigenvalue weighted by Crippen LogP contribution is 2.24. The van der Waals surface area contributed by atoms with E-state index in [2.05, 4.69) is 17.2 Å². The van der Waals surface area contributed by atoms with Crippen LogP contribution in [0.3, 0.4) is 0 Å². The van der Waals surface area contributed by atoms with E-state index >= 15 is 0 Å². The van der Waals surface area contributed by atoms with Crippen LogP contribution in [0.2, 0.25) is 0 Å². The number of unbranched alkanes of at least 4 members (excludes halogenated alkanes) is 2. The van der Waals surface area contributed by atoms with Crippen LogP contribution in [0.5, 0.6) is 5.75 Å². The van der Waals surface area contributed by atoms with Gasteiger partial charge in [0.1, 0.15) is 11.6 Å². The van der Waals surface area contributed by atoms with Crippen molar-refractivity contribution in [2.45, 2.75) is 26.2 Å². The van der Waals surface area contributed by atoms with E-state index in [9.17, 15) is 5.11 Å². The average molecular weight is 230 g/mol. The molecular weight excluding hydrogens is 212 g/mol. The summed E-state index contributed by atoms with van der Waals surface area (Å²) >= 11 is 0. The van der Waals surface area contributed by atoms with Crippen LogP contribution in [0.25, 0.3) is 10.8 Å². The quantitative estimate of drug-likeness (QED) is 0.772. The van der Waals surface area contributed by atoms with Crippen molar-refractivity contribution in [3.8, 4) is 5.75 Å². The number of benzene rings is 1. The number of nitrogens with zero attached hydrogens (tertiary/aromatic N) is 1. The molecule has 1 aromatic heterocycles. The molecule has 0 saturated heterocycles.